The van der Waals surface area contributed by atoms with Crippen molar-refractivity contribution in [3.8, 4) is 11.5 Å². The third kappa shape index (κ3) is 2.86. The van der Waals surface area contributed by atoms with Crippen molar-refractivity contribution in [1.29, 1.82) is 0 Å². The lowest BCUT2D eigenvalue weighted by atomic mass is 9.95. The molecule has 1 aliphatic rings. The topological polar surface area (TPSA) is 111 Å². The number of benzene rings is 1. The first kappa shape index (κ1) is 17.0. The Hall–Kier alpha value is -2.81. The molecule has 3 rings (SSSR count). The first-order valence-electron chi connectivity index (χ1n) is 7.47. The SMILES string of the molecule is CCOc1cc([C@H]2C(C(=O)OC)=C(C)Nc3nnnn32)cc(Cl)c1O. The highest BCUT2D eigenvalue weighted by molar-refractivity contribution is 6.32. The van der Waals surface area contributed by atoms with Crippen LogP contribution < -0.4 is 10.1 Å². The van der Waals surface area contributed by atoms with Gasteiger partial charge in [0.15, 0.2) is 11.5 Å². The van der Waals surface area contributed by atoms with Gasteiger partial charge in [-0.15, -0.1) is 0 Å². The lowest BCUT2D eigenvalue weighted by Crippen LogP contribution is -2.29. The number of nitrogens with one attached hydrogen (secondary N) is 1. The number of anilines is 1. The van der Waals surface area contributed by atoms with E-state index < -0.39 is 12.0 Å². The van der Waals surface area contributed by atoms with Gasteiger partial charge in [-0.2, -0.15) is 4.68 Å². The van der Waals surface area contributed by atoms with Gasteiger partial charge in [0, 0.05) is 5.70 Å². The number of halogens is 1. The van der Waals surface area contributed by atoms with E-state index >= 15 is 0 Å². The summed E-state index contributed by atoms with van der Waals surface area (Å²) in [4.78, 5) is 12.3. The third-order valence-corrected chi connectivity index (χ3v) is 4.07. The van der Waals surface area contributed by atoms with Crippen molar-refractivity contribution in [1.82, 2.24) is 20.2 Å². The van der Waals surface area contributed by atoms with Gasteiger partial charge in [0.2, 0.25) is 5.95 Å². The molecular weight excluding hydrogens is 350 g/mol. The lowest BCUT2D eigenvalue weighted by Gasteiger charge is -2.27. The number of hydrogen-bond donors (Lipinski definition) is 2. The first-order chi connectivity index (χ1) is 12.0. The summed E-state index contributed by atoms with van der Waals surface area (Å²) in [7, 11) is 1.30. The van der Waals surface area contributed by atoms with Gasteiger partial charge in [-0.25, -0.2) is 4.79 Å². The molecule has 2 heterocycles. The van der Waals surface area contributed by atoms with E-state index in [0.717, 1.165) is 0 Å². The molecule has 0 spiro atoms. The third-order valence-electron chi connectivity index (χ3n) is 3.79. The lowest BCUT2D eigenvalue weighted by molar-refractivity contribution is -0.136. The maximum atomic E-state index is 12.3. The van der Waals surface area contributed by atoms with Crippen LogP contribution in [-0.2, 0) is 9.53 Å². The summed E-state index contributed by atoms with van der Waals surface area (Å²) in [5, 5.41) is 24.6. The molecule has 0 bridgehead atoms. The molecule has 25 heavy (non-hydrogen) atoms. The smallest absolute Gasteiger partial charge is 0.338 e. The van der Waals surface area contributed by atoms with E-state index in [-0.39, 0.29) is 16.5 Å². The van der Waals surface area contributed by atoms with Crippen LogP contribution in [0.15, 0.2) is 23.4 Å². The molecule has 0 saturated heterocycles. The quantitative estimate of drug-likeness (QED) is 0.790. The molecule has 1 aromatic carbocycles. The molecule has 2 aromatic rings. The molecule has 10 heteroatoms. The van der Waals surface area contributed by atoms with E-state index in [0.29, 0.717) is 29.4 Å². The van der Waals surface area contributed by atoms with Crippen LogP contribution in [0, 0.1) is 0 Å². The number of carbonyl (C=O) groups excluding carboxylic acids is 1. The van der Waals surface area contributed by atoms with Crippen LogP contribution in [0.3, 0.4) is 0 Å². The van der Waals surface area contributed by atoms with E-state index in [2.05, 4.69) is 20.8 Å². The van der Waals surface area contributed by atoms with Crippen LogP contribution in [0.4, 0.5) is 5.95 Å². The molecule has 0 radical (unpaired) electrons. The van der Waals surface area contributed by atoms with Crippen LogP contribution in [-0.4, -0.2) is 45.0 Å². The molecule has 0 aliphatic carbocycles. The molecule has 0 amide bonds. The average molecular weight is 366 g/mol. The van der Waals surface area contributed by atoms with E-state index in [1.165, 1.54) is 17.9 Å². The Balaban J connectivity index is 2.21. The Labute approximate surface area is 148 Å². The van der Waals surface area contributed by atoms with Crippen molar-refractivity contribution < 1.29 is 19.4 Å². The van der Waals surface area contributed by atoms with Crippen molar-refractivity contribution in [3.63, 3.8) is 0 Å². The van der Waals surface area contributed by atoms with Gasteiger partial charge in [0.25, 0.3) is 0 Å². The van der Waals surface area contributed by atoms with E-state index in [4.69, 9.17) is 21.1 Å². The molecule has 0 saturated carbocycles. The van der Waals surface area contributed by atoms with Gasteiger partial charge in [-0.3, -0.25) is 0 Å². The first-order valence-corrected chi connectivity index (χ1v) is 7.84. The zero-order valence-corrected chi connectivity index (χ0v) is 14.5. The minimum Gasteiger partial charge on any atom is -0.503 e. The Bertz CT molecular complexity index is 864. The maximum absolute atomic E-state index is 12.3. The van der Waals surface area contributed by atoms with Crippen molar-refractivity contribution in [3.05, 3.63) is 34.0 Å². The Kier molecular flexibility index (Phi) is 4.49. The average Bonchev–Trinajstić information content (AvgIpc) is 3.04. The number of aromatic hydroxyl groups is 1. The van der Waals surface area contributed by atoms with Gasteiger partial charge < -0.3 is 19.9 Å². The molecule has 132 valence electrons. The van der Waals surface area contributed by atoms with E-state index in [1.54, 1.807) is 19.9 Å². The summed E-state index contributed by atoms with van der Waals surface area (Å²) < 4.78 is 11.8. The van der Waals surface area contributed by atoms with Crippen molar-refractivity contribution in [2.45, 2.75) is 19.9 Å². The van der Waals surface area contributed by atoms with Gasteiger partial charge in [0.05, 0.1) is 24.3 Å². The molecule has 0 fully saturated rings. The van der Waals surface area contributed by atoms with Gasteiger partial charge >= 0.3 is 5.97 Å². The normalized spacial score (nSPS) is 16.2. The second-order valence-electron chi connectivity index (χ2n) is 5.29. The number of tetrazole rings is 1. The second-order valence-corrected chi connectivity index (χ2v) is 5.69. The molecule has 1 aromatic heterocycles. The second kappa shape index (κ2) is 6.60. The van der Waals surface area contributed by atoms with Crippen molar-refractivity contribution in [2.75, 3.05) is 19.0 Å². The Morgan fingerprint density at radius 2 is 2.24 bits per heavy atom. The van der Waals surface area contributed by atoms with Crippen LogP contribution in [0.1, 0.15) is 25.5 Å². The fraction of sp³-hybridized carbons (Fsp3) is 0.333. The van der Waals surface area contributed by atoms with E-state index in [1.807, 2.05) is 0 Å². The number of aromatic nitrogens is 4. The number of carbonyl (C=O) groups is 1. The number of rotatable bonds is 4. The van der Waals surface area contributed by atoms with Gasteiger partial charge in [0.1, 0.15) is 6.04 Å². The number of phenols is 1. The van der Waals surface area contributed by atoms with Gasteiger partial charge in [-0.05, 0) is 42.0 Å². The number of ether oxygens (including phenoxy) is 2. The largest absolute Gasteiger partial charge is 0.503 e. The molecule has 2 N–H and O–H groups in total. The molecule has 1 aliphatic heterocycles. The van der Waals surface area contributed by atoms with Crippen LogP contribution in [0.5, 0.6) is 11.5 Å². The highest BCUT2D eigenvalue weighted by atomic mass is 35.5. The van der Waals surface area contributed by atoms with E-state index in [9.17, 15) is 9.90 Å². The highest BCUT2D eigenvalue weighted by Crippen LogP contribution is 2.41. The minimum atomic E-state index is -0.684. The molecular formula is C15H16ClN5O4. The summed E-state index contributed by atoms with van der Waals surface area (Å²) in [6.07, 6.45) is 0. The minimum absolute atomic E-state index is 0.0935. The van der Waals surface area contributed by atoms with Crippen LogP contribution >= 0.6 is 11.6 Å². The number of nitrogens with zero attached hydrogens (tertiary/aromatic N) is 4. The number of esters is 1. The predicted molar refractivity (Wildman–Crippen MR) is 88.6 cm³/mol. The van der Waals surface area contributed by atoms with Crippen molar-refractivity contribution >= 4 is 23.5 Å². The monoisotopic (exact) mass is 365 g/mol. The van der Waals surface area contributed by atoms with Crippen LogP contribution in [0.25, 0.3) is 0 Å². The molecule has 0 unspecified atom stereocenters. The predicted octanol–water partition coefficient (Wildman–Crippen LogP) is 1.89. The zero-order chi connectivity index (χ0) is 18.1. The zero-order valence-electron chi connectivity index (χ0n) is 13.8. The maximum Gasteiger partial charge on any atom is 0.338 e. The molecule has 1 atom stereocenters. The standard InChI is InChI=1S/C15H16ClN5O4/c1-4-25-10-6-8(5-9(16)13(10)22)12-11(14(23)24-3)7(2)17-15-18-19-20-21(12)15/h5-6,12,22H,4H2,1-3H3,(H,17,18,20)/t12-/m0/s1. The number of methoxy groups -OCH3 is 1. The highest BCUT2D eigenvalue weighted by Gasteiger charge is 2.35. The summed E-state index contributed by atoms with van der Waals surface area (Å²) >= 11 is 6.13. The number of allylic oxidation sites excluding steroid dienone is 1. The van der Waals surface area contributed by atoms with Gasteiger partial charge in [-0.1, -0.05) is 16.7 Å². The van der Waals surface area contributed by atoms with Crippen LogP contribution in [0.2, 0.25) is 5.02 Å². The fourth-order valence-electron chi connectivity index (χ4n) is 2.71. The number of phenolic OH excluding ortho intramolecular Hbond substituents is 1. The Morgan fingerprint density at radius 3 is 2.92 bits per heavy atom. The fourth-order valence-corrected chi connectivity index (χ4v) is 2.93. The number of fused-ring (bicyclic) bond motifs is 1. The molecule has 9 nitrogen and oxygen atoms in total. The Morgan fingerprint density at radius 1 is 1.48 bits per heavy atom. The summed E-state index contributed by atoms with van der Waals surface area (Å²) in [5.41, 5.74) is 1.45. The summed E-state index contributed by atoms with van der Waals surface area (Å²) in [5.74, 6) is -0.117. The van der Waals surface area contributed by atoms with Crippen molar-refractivity contribution in [2.24, 2.45) is 0 Å². The number of hydrogen-bond acceptors (Lipinski definition) is 8. The summed E-state index contributed by atoms with van der Waals surface area (Å²) in [6.45, 7) is 3.85. The summed E-state index contributed by atoms with van der Waals surface area (Å²) in [6, 6.07) is 2.45.